The first kappa shape index (κ1) is 58.0. The fourth-order valence-corrected chi connectivity index (χ4v) is 11.6. The van der Waals surface area contributed by atoms with E-state index in [0.717, 1.165) is 30.7 Å². The number of aromatic nitrogens is 8. The van der Waals surface area contributed by atoms with E-state index in [1.165, 1.54) is 40.1 Å². The lowest BCUT2D eigenvalue weighted by atomic mass is 10.2. The van der Waals surface area contributed by atoms with E-state index in [4.69, 9.17) is 46.1 Å². The fourth-order valence-electron chi connectivity index (χ4n) is 8.75. The summed E-state index contributed by atoms with van der Waals surface area (Å²) in [6.07, 6.45) is -14.0. The summed E-state index contributed by atoms with van der Waals surface area (Å²) in [5.41, 5.74) is -6.21. The van der Waals surface area contributed by atoms with E-state index < -0.39 is 181 Å². The topological polar surface area (TPSA) is 464 Å². The number of aliphatic hydroxyl groups excluding tert-OH is 2. The molecular weight excluding hydrogens is 1100 g/mol. The molecule has 0 aliphatic carbocycles. The third-order valence-electron chi connectivity index (χ3n) is 12.8. The monoisotopic (exact) mass is 1150 g/mol. The zero-order chi connectivity index (χ0) is 56.1. The average Bonchev–Trinajstić information content (AvgIpc) is 4.15. The third kappa shape index (κ3) is 13.5. The van der Waals surface area contributed by atoms with Crippen LogP contribution >= 0.6 is 23.5 Å². The van der Waals surface area contributed by atoms with Crippen LogP contribution in [0.1, 0.15) is 72.8 Å². The standard InChI is InChI=1S/C40H53N8O26P3/c1-17-9-45(37(55)41-33(17)51)29-5-21(50)26(69-29)14-65-75(59,60)73-23-7-31(47-11-19(3)35(53)43-39(47)57)71-28(23)16-67-77(63,64)74-24-8-32(48-12-20(4)36(54)44-40(48)58)70-27(24)15-66-76(61,62)72-22-6-30(68-25(22)13-49)46-10-18(2)34(52)42-38(46)56/h9-12,21-32,49-50H,5-8,13-16H2,1-4H3,(H,59,60)(H,61,62)(H,63,64)(H,41,51,55)(H,42,52,56)(H,43,53,57)(H,44,54,58)/t21?,22?,23?,24?,25-,26-,27-,28-,29-,30-,31-,32-/m1/s1. The highest BCUT2D eigenvalue weighted by atomic mass is 31.2. The summed E-state index contributed by atoms with van der Waals surface area (Å²) in [6.45, 7) is 1.96. The molecule has 15 atom stereocenters. The van der Waals surface area contributed by atoms with Gasteiger partial charge in [0.05, 0.1) is 32.5 Å². The summed E-state index contributed by atoms with van der Waals surface area (Å²) < 4.78 is 99.6. The van der Waals surface area contributed by atoms with Gasteiger partial charge in [-0.15, -0.1) is 0 Å². The molecule has 8 heterocycles. The molecule has 0 spiro atoms. The number of hydrogen-bond donors (Lipinski definition) is 9. The molecule has 4 aliphatic rings. The first-order valence-electron chi connectivity index (χ1n) is 23.3. The van der Waals surface area contributed by atoms with Gasteiger partial charge in [-0.1, -0.05) is 0 Å². The number of H-pyrrole nitrogens is 4. The number of nitrogens with one attached hydrogen (secondary N) is 4. The van der Waals surface area contributed by atoms with Gasteiger partial charge in [0, 0.05) is 72.7 Å². The van der Waals surface area contributed by atoms with Crippen LogP contribution in [0.2, 0.25) is 0 Å². The van der Waals surface area contributed by atoms with Crippen molar-refractivity contribution in [2.75, 3.05) is 26.4 Å². The molecule has 9 N–H and O–H groups in total. The summed E-state index contributed by atoms with van der Waals surface area (Å²) in [5.74, 6) is 0. The molecule has 77 heavy (non-hydrogen) atoms. The predicted molar refractivity (Wildman–Crippen MR) is 253 cm³/mol. The van der Waals surface area contributed by atoms with Crippen molar-refractivity contribution in [1.82, 2.24) is 38.2 Å². The van der Waals surface area contributed by atoms with Crippen LogP contribution in [0.3, 0.4) is 0 Å². The van der Waals surface area contributed by atoms with Crippen molar-refractivity contribution in [2.24, 2.45) is 0 Å². The molecule has 8 rings (SSSR count). The Bertz CT molecular complexity index is 3510. The molecule has 37 heteroatoms. The van der Waals surface area contributed by atoms with Crippen LogP contribution < -0.4 is 45.0 Å². The zero-order valence-corrected chi connectivity index (χ0v) is 43.5. The van der Waals surface area contributed by atoms with Gasteiger partial charge in [-0.3, -0.25) is 84.5 Å². The lowest BCUT2D eigenvalue weighted by Gasteiger charge is -2.25. The van der Waals surface area contributed by atoms with Gasteiger partial charge < -0.3 is 43.8 Å². The highest BCUT2D eigenvalue weighted by Gasteiger charge is 2.48. The second kappa shape index (κ2) is 22.9. The van der Waals surface area contributed by atoms with Crippen molar-refractivity contribution in [3.8, 4) is 0 Å². The molecule has 0 aromatic carbocycles. The Morgan fingerprint density at radius 2 is 0.727 bits per heavy atom. The predicted octanol–water partition coefficient (Wildman–Crippen LogP) is -2.57. The van der Waals surface area contributed by atoms with Gasteiger partial charge in [0.25, 0.3) is 22.2 Å². The van der Waals surface area contributed by atoms with Crippen LogP contribution in [0.25, 0.3) is 0 Å². The maximum Gasteiger partial charge on any atom is 0.472 e. The number of aromatic amines is 4. The minimum absolute atomic E-state index is 0.0298. The molecule has 4 aliphatic heterocycles. The molecule has 34 nitrogen and oxygen atoms in total. The summed E-state index contributed by atoms with van der Waals surface area (Å²) in [4.78, 5) is 140. The van der Waals surface area contributed by atoms with Crippen LogP contribution in [0.4, 0.5) is 0 Å². The number of hydrogen-bond acceptors (Lipinski definition) is 23. The Hall–Kier alpha value is -5.19. The molecule has 424 valence electrons. The molecule has 0 saturated carbocycles. The smallest absolute Gasteiger partial charge is 0.394 e. The van der Waals surface area contributed by atoms with E-state index >= 15 is 0 Å². The van der Waals surface area contributed by atoms with Crippen molar-refractivity contribution in [1.29, 1.82) is 0 Å². The maximum absolute atomic E-state index is 13.8. The summed E-state index contributed by atoms with van der Waals surface area (Å²) in [6, 6.07) is 0. The Kier molecular flexibility index (Phi) is 17.2. The van der Waals surface area contributed by atoms with Crippen LogP contribution in [-0.2, 0) is 59.8 Å². The molecule has 7 unspecified atom stereocenters. The normalized spacial score (nSPS) is 29.8. The highest BCUT2D eigenvalue weighted by molar-refractivity contribution is 7.48. The summed E-state index contributed by atoms with van der Waals surface area (Å²) >= 11 is 0. The van der Waals surface area contributed by atoms with Gasteiger partial charge in [0.15, 0.2) is 0 Å². The number of aliphatic hydroxyl groups is 2. The average molecular weight is 1150 g/mol. The Labute approximate surface area is 429 Å². The van der Waals surface area contributed by atoms with Gasteiger partial charge in [-0.2, -0.15) is 0 Å². The second-order valence-electron chi connectivity index (χ2n) is 18.3. The van der Waals surface area contributed by atoms with Crippen molar-refractivity contribution >= 4 is 23.5 Å². The van der Waals surface area contributed by atoms with Gasteiger partial charge in [-0.25, -0.2) is 32.9 Å². The molecule has 4 saturated heterocycles. The first-order valence-corrected chi connectivity index (χ1v) is 27.7. The number of nitrogens with zero attached hydrogens (tertiary/aromatic N) is 4. The van der Waals surface area contributed by atoms with Crippen LogP contribution in [0.5, 0.6) is 0 Å². The molecule has 4 aromatic heterocycles. The van der Waals surface area contributed by atoms with Gasteiger partial charge in [-0.05, 0) is 27.7 Å². The summed E-state index contributed by atoms with van der Waals surface area (Å²) in [7, 11) is -15.9. The third-order valence-corrected chi connectivity index (χ3v) is 15.8. The number of aryl methyl sites for hydroxylation is 4. The molecule has 4 aromatic rings. The van der Waals surface area contributed by atoms with E-state index in [1.807, 2.05) is 0 Å². The number of rotatable bonds is 20. The molecular formula is C40H53N8O26P3. The quantitative estimate of drug-likeness (QED) is 0.0411. The van der Waals surface area contributed by atoms with Crippen LogP contribution in [0, 0.1) is 27.7 Å². The lowest BCUT2D eigenvalue weighted by Crippen LogP contribution is -2.33. The van der Waals surface area contributed by atoms with Gasteiger partial charge in [0.2, 0.25) is 0 Å². The van der Waals surface area contributed by atoms with E-state index in [9.17, 15) is 76.9 Å². The molecule has 4 fully saturated rings. The van der Waals surface area contributed by atoms with Crippen molar-refractivity contribution < 1.29 is 84.7 Å². The van der Waals surface area contributed by atoms with Crippen LogP contribution in [-0.4, -0.2) is 138 Å². The Balaban J connectivity index is 0.963. The molecule has 0 bridgehead atoms. The van der Waals surface area contributed by atoms with Crippen LogP contribution in [0.15, 0.2) is 63.1 Å². The highest BCUT2D eigenvalue weighted by Crippen LogP contribution is 2.53. The van der Waals surface area contributed by atoms with Crippen molar-refractivity contribution in [3.05, 3.63) is 130 Å². The number of phosphoric ester groups is 3. The zero-order valence-electron chi connectivity index (χ0n) is 40.8. The minimum Gasteiger partial charge on any atom is -0.394 e. The maximum atomic E-state index is 13.8. The SMILES string of the molecule is Cc1cn([C@H]2CC(O)[C@@H](COP(=O)(O)OC3C[C@H](n4cc(C)c(=O)[nH]c4=O)O[C@@H]3COP(=O)(O)OC3C[C@H](n4cc(C)c(=O)[nH]c4=O)O[C@@H]3COP(=O)(O)OC3C[C@H](n4cc(C)c(=O)[nH]c4=O)O[C@@H]3CO)O2)c(=O)[nH]c1=O. The van der Waals surface area contributed by atoms with E-state index in [2.05, 4.69) is 19.9 Å². The molecule has 0 radical (unpaired) electrons. The van der Waals surface area contributed by atoms with Gasteiger partial charge in [0.1, 0.15) is 67.6 Å². The van der Waals surface area contributed by atoms with Crippen molar-refractivity contribution in [2.45, 2.75) is 127 Å². The largest absolute Gasteiger partial charge is 0.472 e. The van der Waals surface area contributed by atoms with E-state index in [-0.39, 0.29) is 35.1 Å². The van der Waals surface area contributed by atoms with E-state index in [0.29, 0.717) is 0 Å². The number of phosphoric acid groups is 3. The Morgan fingerprint density at radius 3 is 1.04 bits per heavy atom. The first-order chi connectivity index (χ1) is 36.1. The van der Waals surface area contributed by atoms with E-state index in [1.54, 1.807) is 0 Å². The minimum atomic E-state index is -5.44. The molecule has 0 amide bonds. The lowest BCUT2D eigenvalue weighted by molar-refractivity contribution is -0.0640. The van der Waals surface area contributed by atoms with Gasteiger partial charge >= 0.3 is 46.2 Å². The second-order valence-corrected chi connectivity index (χ2v) is 22.6. The fraction of sp³-hybridized carbons (Fsp3) is 0.600. The van der Waals surface area contributed by atoms with Crippen molar-refractivity contribution in [3.63, 3.8) is 0 Å². The number of ether oxygens (including phenoxy) is 4. The Morgan fingerprint density at radius 1 is 0.468 bits per heavy atom. The summed E-state index contributed by atoms with van der Waals surface area (Å²) in [5, 5.41) is 20.7.